The van der Waals surface area contributed by atoms with Crippen LogP contribution in [0.15, 0.2) is 24.4 Å². The number of pyridine rings is 2. The number of aryl methyl sites for hydroxylation is 3. The van der Waals surface area contributed by atoms with Gasteiger partial charge in [0.1, 0.15) is 11.4 Å². The van der Waals surface area contributed by atoms with E-state index in [1.807, 2.05) is 19.1 Å². The topological polar surface area (TPSA) is 75.1 Å². The molecule has 21 heavy (non-hydrogen) atoms. The molecule has 0 radical (unpaired) electrons. The second-order valence-corrected chi connectivity index (χ2v) is 5.31. The Morgan fingerprint density at radius 1 is 1.38 bits per heavy atom. The lowest BCUT2D eigenvalue weighted by atomic mass is 10.1. The number of hydrogen-bond donors (Lipinski definition) is 2. The Labute approximate surface area is 123 Å². The van der Waals surface area contributed by atoms with Crippen LogP contribution in [0.3, 0.4) is 0 Å². The number of carbonyl (C=O) groups is 1. The molecule has 2 aromatic rings. The van der Waals surface area contributed by atoms with Crippen LogP contribution in [-0.2, 0) is 19.4 Å². The predicted molar refractivity (Wildman–Crippen MR) is 79.5 cm³/mol. The third kappa shape index (κ3) is 2.86. The van der Waals surface area contributed by atoms with E-state index in [0.717, 1.165) is 41.8 Å². The van der Waals surface area contributed by atoms with Crippen molar-refractivity contribution in [2.75, 3.05) is 5.32 Å². The third-order valence-corrected chi connectivity index (χ3v) is 3.71. The molecule has 0 bridgehead atoms. The summed E-state index contributed by atoms with van der Waals surface area (Å²) in [4.78, 5) is 20.1. The maximum Gasteiger partial charge on any atom is 0.339 e. The summed E-state index contributed by atoms with van der Waals surface area (Å²) in [6.07, 6.45) is 4.68. The van der Waals surface area contributed by atoms with E-state index in [1.165, 1.54) is 0 Å². The van der Waals surface area contributed by atoms with Gasteiger partial charge in [-0.3, -0.25) is 4.98 Å². The molecule has 1 aliphatic carbocycles. The van der Waals surface area contributed by atoms with Crippen molar-refractivity contribution in [2.24, 2.45) is 0 Å². The fourth-order valence-electron chi connectivity index (χ4n) is 2.56. The molecule has 0 saturated heterocycles. The average molecular weight is 283 g/mol. The number of fused-ring (bicyclic) bond motifs is 1. The quantitative estimate of drug-likeness (QED) is 0.902. The summed E-state index contributed by atoms with van der Waals surface area (Å²) in [6, 6.07) is 5.67. The Kier molecular flexibility index (Phi) is 3.56. The lowest BCUT2D eigenvalue weighted by Crippen LogP contribution is -2.10. The van der Waals surface area contributed by atoms with Gasteiger partial charge >= 0.3 is 5.97 Å². The summed E-state index contributed by atoms with van der Waals surface area (Å²) in [5.74, 6) is -0.495. The molecule has 0 spiro atoms. The second kappa shape index (κ2) is 5.52. The molecule has 0 saturated carbocycles. The van der Waals surface area contributed by atoms with Gasteiger partial charge in [-0.1, -0.05) is 6.07 Å². The second-order valence-electron chi connectivity index (χ2n) is 5.31. The highest BCUT2D eigenvalue weighted by Gasteiger charge is 2.19. The Bertz CT molecular complexity index is 681. The molecular formula is C16H17N3O2. The summed E-state index contributed by atoms with van der Waals surface area (Å²) >= 11 is 0. The van der Waals surface area contributed by atoms with Gasteiger partial charge < -0.3 is 10.4 Å². The number of rotatable bonds is 4. The average Bonchev–Trinajstić information content (AvgIpc) is 2.92. The Balaban J connectivity index is 1.84. The van der Waals surface area contributed by atoms with Gasteiger partial charge in [-0.25, -0.2) is 9.78 Å². The highest BCUT2D eigenvalue weighted by molar-refractivity contribution is 5.93. The van der Waals surface area contributed by atoms with Gasteiger partial charge in [0.25, 0.3) is 0 Å². The van der Waals surface area contributed by atoms with Crippen LogP contribution in [0.25, 0.3) is 0 Å². The number of anilines is 1. The largest absolute Gasteiger partial charge is 0.478 e. The molecule has 108 valence electrons. The number of nitrogens with zero attached hydrogens (tertiary/aromatic N) is 2. The fourth-order valence-corrected chi connectivity index (χ4v) is 2.56. The summed E-state index contributed by atoms with van der Waals surface area (Å²) in [5, 5.41) is 12.5. The van der Waals surface area contributed by atoms with E-state index in [1.54, 1.807) is 12.3 Å². The van der Waals surface area contributed by atoms with Crippen LogP contribution in [0.1, 0.15) is 39.3 Å². The van der Waals surface area contributed by atoms with Crippen LogP contribution in [0.5, 0.6) is 0 Å². The lowest BCUT2D eigenvalue weighted by molar-refractivity contribution is 0.0697. The first-order valence-electron chi connectivity index (χ1n) is 7.05. The van der Waals surface area contributed by atoms with Crippen LogP contribution in [0.4, 0.5) is 5.82 Å². The highest BCUT2D eigenvalue weighted by Crippen LogP contribution is 2.25. The van der Waals surface area contributed by atoms with E-state index >= 15 is 0 Å². The van der Waals surface area contributed by atoms with E-state index in [0.29, 0.717) is 12.4 Å². The summed E-state index contributed by atoms with van der Waals surface area (Å²) < 4.78 is 0. The first-order chi connectivity index (χ1) is 10.1. The van der Waals surface area contributed by atoms with Crippen molar-refractivity contribution in [3.05, 3.63) is 52.5 Å². The predicted octanol–water partition coefficient (Wildman–Crippen LogP) is 2.58. The number of aromatic nitrogens is 2. The number of carboxylic acids is 1. The molecule has 2 N–H and O–H groups in total. The molecule has 3 rings (SSSR count). The SMILES string of the molecule is Cc1ccc(CNc2nc3c(cc2C(=O)O)CCC3)cn1. The van der Waals surface area contributed by atoms with Gasteiger partial charge in [-0.05, 0) is 49.4 Å². The van der Waals surface area contributed by atoms with E-state index in [2.05, 4.69) is 15.3 Å². The van der Waals surface area contributed by atoms with Gasteiger partial charge in [0.2, 0.25) is 0 Å². The molecule has 0 fully saturated rings. The molecular weight excluding hydrogens is 266 g/mol. The highest BCUT2D eigenvalue weighted by atomic mass is 16.4. The molecule has 5 nitrogen and oxygen atoms in total. The molecule has 2 aromatic heterocycles. The zero-order valence-corrected chi connectivity index (χ0v) is 11.9. The van der Waals surface area contributed by atoms with Gasteiger partial charge in [0, 0.05) is 24.1 Å². The van der Waals surface area contributed by atoms with E-state index in [9.17, 15) is 9.90 Å². The van der Waals surface area contributed by atoms with Crippen molar-refractivity contribution in [2.45, 2.75) is 32.7 Å². The Morgan fingerprint density at radius 3 is 2.95 bits per heavy atom. The van der Waals surface area contributed by atoms with Crippen molar-refractivity contribution < 1.29 is 9.90 Å². The maximum atomic E-state index is 11.4. The minimum absolute atomic E-state index is 0.246. The molecule has 2 heterocycles. The zero-order chi connectivity index (χ0) is 14.8. The molecule has 0 amide bonds. The number of aromatic carboxylic acids is 1. The minimum atomic E-state index is -0.943. The molecule has 0 unspecified atom stereocenters. The van der Waals surface area contributed by atoms with Gasteiger partial charge in [0.15, 0.2) is 0 Å². The minimum Gasteiger partial charge on any atom is -0.478 e. The Morgan fingerprint density at radius 2 is 2.24 bits per heavy atom. The fraction of sp³-hybridized carbons (Fsp3) is 0.312. The molecule has 5 heteroatoms. The maximum absolute atomic E-state index is 11.4. The van der Waals surface area contributed by atoms with E-state index in [-0.39, 0.29) is 5.56 Å². The molecule has 0 aromatic carbocycles. The number of carboxylic acid groups (broad SMARTS) is 1. The molecule has 0 atom stereocenters. The smallest absolute Gasteiger partial charge is 0.339 e. The molecule has 1 aliphatic rings. The van der Waals surface area contributed by atoms with Crippen LogP contribution >= 0.6 is 0 Å². The normalized spacial score (nSPS) is 13.0. The van der Waals surface area contributed by atoms with Crippen molar-refractivity contribution >= 4 is 11.8 Å². The number of hydrogen-bond acceptors (Lipinski definition) is 4. The van der Waals surface area contributed by atoms with Gasteiger partial charge in [-0.2, -0.15) is 0 Å². The van der Waals surface area contributed by atoms with E-state index < -0.39 is 5.97 Å². The van der Waals surface area contributed by atoms with Crippen LogP contribution in [0.2, 0.25) is 0 Å². The third-order valence-electron chi connectivity index (χ3n) is 3.71. The standard InChI is InChI=1S/C16H17N3O2/c1-10-5-6-11(8-17-10)9-18-15-13(16(20)21)7-12-3-2-4-14(12)19-15/h5-8H,2-4,9H2,1H3,(H,18,19)(H,20,21). The zero-order valence-electron chi connectivity index (χ0n) is 11.9. The Hall–Kier alpha value is -2.43. The van der Waals surface area contributed by atoms with Crippen LogP contribution in [-0.4, -0.2) is 21.0 Å². The van der Waals surface area contributed by atoms with Crippen molar-refractivity contribution in [3.8, 4) is 0 Å². The van der Waals surface area contributed by atoms with Crippen molar-refractivity contribution in [1.82, 2.24) is 9.97 Å². The first kappa shape index (κ1) is 13.5. The van der Waals surface area contributed by atoms with Crippen molar-refractivity contribution in [3.63, 3.8) is 0 Å². The first-order valence-corrected chi connectivity index (χ1v) is 7.05. The summed E-state index contributed by atoms with van der Waals surface area (Å²) in [7, 11) is 0. The number of nitrogens with one attached hydrogen (secondary N) is 1. The monoisotopic (exact) mass is 283 g/mol. The van der Waals surface area contributed by atoms with Crippen LogP contribution in [0, 0.1) is 6.92 Å². The summed E-state index contributed by atoms with van der Waals surface area (Å²) in [6.45, 7) is 2.45. The van der Waals surface area contributed by atoms with Gasteiger partial charge in [-0.15, -0.1) is 0 Å². The lowest BCUT2D eigenvalue weighted by Gasteiger charge is -2.11. The van der Waals surface area contributed by atoms with E-state index in [4.69, 9.17) is 0 Å². The van der Waals surface area contributed by atoms with Gasteiger partial charge in [0.05, 0.1) is 0 Å². The van der Waals surface area contributed by atoms with Crippen molar-refractivity contribution in [1.29, 1.82) is 0 Å². The summed E-state index contributed by atoms with van der Waals surface area (Å²) in [5.41, 5.74) is 4.29. The molecule has 0 aliphatic heterocycles. The van der Waals surface area contributed by atoms with Crippen LogP contribution < -0.4 is 5.32 Å².